The summed E-state index contributed by atoms with van der Waals surface area (Å²) in [5.41, 5.74) is 2.15. The molecule has 0 aliphatic rings. The summed E-state index contributed by atoms with van der Waals surface area (Å²) < 4.78 is 27.5. The van der Waals surface area contributed by atoms with Crippen LogP contribution in [0.2, 0.25) is 0 Å². The predicted octanol–water partition coefficient (Wildman–Crippen LogP) is 3.78. The van der Waals surface area contributed by atoms with Crippen LogP contribution in [0.15, 0.2) is 42.5 Å². The Morgan fingerprint density at radius 3 is 2.47 bits per heavy atom. The van der Waals surface area contributed by atoms with Gasteiger partial charge in [0, 0.05) is 11.6 Å². The van der Waals surface area contributed by atoms with E-state index in [1.807, 2.05) is 6.92 Å². The zero-order valence-corrected chi connectivity index (χ0v) is 11.1. The van der Waals surface area contributed by atoms with Crippen molar-refractivity contribution in [3.05, 3.63) is 70.8 Å². The Morgan fingerprint density at radius 2 is 1.79 bits per heavy atom. The third-order valence-electron chi connectivity index (χ3n) is 3.26. The summed E-state index contributed by atoms with van der Waals surface area (Å²) in [6.45, 7) is 1.92. The Kier molecular flexibility index (Phi) is 4.27. The molecular formula is C16H17F2N. The molecule has 1 atom stereocenters. The van der Waals surface area contributed by atoms with Gasteiger partial charge in [-0.3, -0.25) is 0 Å². The monoisotopic (exact) mass is 261 g/mol. The zero-order valence-electron chi connectivity index (χ0n) is 11.1. The second-order valence-corrected chi connectivity index (χ2v) is 4.66. The van der Waals surface area contributed by atoms with Crippen LogP contribution in [-0.4, -0.2) is 7.05 Å². The summed E-state index contributed by atoms with van der Waals surface area (Å²) in [5, 5.41) is 3.06. The number of aryl methyl sites for hydroxylation is 1. The SMILES string of the molecule is CNC(Cc1ccccc1F)c1cc(C)ccc1F. The number of halogens is 2. The van der Waals surface area contributed by atoms with E-state index >= 15 is 0 Å². The highest BCUT2D eigenvalue weighted by atomic mass is 19.1. The van der Waals surface area contributed by atoms with E-state index in [0.29, 0.717) is 17.5 Å². The van der Waals surface area contributed by atoms with Crippen LogP contribution < -0.4 is 5.32 Å². The van der Waals surface area contributed by atoms with E-state index in [4.69, 9.17) is 0 Å². The third kappa shape index (κ3) is 3.18. The maximum absolute atomic E-state index is 13.9. The first-order valence-corrected chi connectivity index (χ1v) is 6.28. The van der Waals surface area contributed by atoms with Crippen LogP contribution in [-0.2, 0) is 6.42 Å². The highest BCUT2D eigenvalue weighted by Gasteiger charge is 2.16. The van der Waals surface area contributed by atoms with Crippen molar-refractivity contribution in [2.45, 2.75) is 19.4 Å². The lowest BCUT2D eigenvalue weighted by Gasteiger charge is -2.18. The van der Waals surface area contributed by atoms with Gasteiger partial charge in [-0.05, 0) is 38.1 Å². The molecule has 0 aliphatic carbocycles. The Morgan fingerprint density at radius 1 is 1.05 bits per heavy atom. The van der Waals surface area contributed by atoms with E-state index in [2.05, 4.69) is 5.32 Å². The molecule has 0 aliphatic heterocycles. The molecule has 100 valence electrons. The Hall–Kier alpha value is -1.74. The van der Waals surface area contributed by atoms with Crippen LogP contribution in [0.5, 0.6) is 0 Å². The van der Waals surface area contributed by atoms with Crippen molar-refractivity contribution in [2.75, 3.05) is 7.05 Å². The van der Waals surface area contributed by atoms with Gasteiger partial charge in [0.15, 0.2) is 0 Å². The molecule has 0 aromatic heterocycles. The van der Waals surface area contributed by atoms with Crippen LogP contribution in [0.4, 0.5) is 8.78 Å². The first kappa shape index (κ1) is 13.7. The van der Waals surface area contributed by atoms with Crippen LogP contribution in [0.3, 0.4) is 0 Å². The second kappa shape index (κ2) is 5.93. The molecule has 0 radical (unpaired) electrons. The standard InChI is InChI=1S/C16H17F2N/c1-11-7-8-15(18)13(9-11)16(19-2)10-12-5-3-4-6-14(12)17/h3-9,16,19H,10H2,1-2H3. The molecule has 2 aromatic rings. The average Bonchev–Trinajstić information content (AvgIpc) is 2.41. The van der Waals surface area contributed by atoms with Crippen molar-refractivity contribution in [3.63, 3.8) is 0 Å². The zero-order chi connectivity index (χ0) is 13.8. The van der Waals surface area contributed by atoms with E-state index in [1.165, 1.54) is 12.1 Å². The summed E-state index contributed by atoms with van der Waals surface area (Å²) in [5.74, 6) is -0.517. The topological polar surface area (TPSA) is 12.0 Å². The van der Waals surface area contributed by atoms with Crippen LogP contribution >= 0.6 is 0 Å². The van der Waals surface area contributed by atoms with E-state index in [1.54, 1.807) is 37.4 Å². The minimum atomic E-state index is -0.263. The molecule has 0 fully saturated rings. The van der Waals surface area contributed by atoms with Crippen molar-refractivity contribution in [3.8, 4) is 0 Å². The number of nitrogens with one attached hydrogen (secondary N) is 1. The maximum Gasteiger partial charge on any atom is 0.128 e. The lowest BCUT2D eigenvalue weighted by atomic mass is 9.97. The first-order valence-electron chi connectivity index (χ1n) is 6.28. The first-order chi connectivity index (χ1) is 9.11. The molecule has 1 unspecified atom stereocenters. The van der Waals surface area contributed by atoms with E-state index < -0.39 is 0 Å². The van der Waals surface area contributed by atoms with Crippen molar-refractivity contribution < 1.29 is 8.78 Å². The summed E-state index contributed by atoms with van der Waals surface area (Å²) in [7, 11) is 1.76. The number of rotatable bonds is 4. The molecule has 0 saturated carbocycles. The number of likely N-dealkylation sites (N-methyl/N-ethyl adjacent to an activating group) is 1. The molecule has 3 heteroatoms. The normalized spacial score (nSPS) is 12.4. The van der Waals surface area contributed by atoms with Gasteiger partial charge >= 0.3 is 0 Å². The minimum Gasteiger partial charge on any atom is -0.313 e. The maximum atomic E-state index is 13.9. The molecule has 1 nitrogen and oxygen atoms in total. The molecular weight excluding hydrogens is 244 g/mol. The van der Waals surface area contributed by atoms with Gasteiger partial charge < -0.3 is 5.32 Å². The highest BCUT2D eigenvalue weighted by molar-refractivity contribution is 5.29. The van der Waals surface area contributed by atoms with Crippen LogP contribution in [0.25, 0.3) is 0 Å². The lowest BCUT2D eigenvalue weighted by Crippen LogP contribution is -2.20. The number of hydrogen-bond acceptors (Lipinski definition) is 1. The van der Waals surface area contributed by atoms with Gasteiger partial charge in [0.1, 0.15) is 11.6 Å². The summed E-state index contributed by atoms with van der Waals surface area (Å²) in [6.07, 6.45) is 0.420. The minimum absolute atomic E-state index is 0.239. The predicted molar refractivity (Wildman–Crippen MR) is 73.0 cm³/mol. The van der Waals surface area contributed by atoms with Crippen molar-refractivity contribution in [1.82, 2.24) is 5.32 Å². The summed E-state index contributed by atoms with van der Waals surface area (Å²) in [6, 6.07) is 11.3. The van der Waals surface area contributed by atoms with Gasteiger partial charge in [0.05, 0.1) is 0 Å². The quantitative estimate of drug-likeness (QED) is 0.883. The average molecular weight is 261 g/mol. The molecule has 1 N–H and O–H groups in total. The fraction of sp³-hybridized carbons (Fsp3) is 0.250. The second-order valence-electron chi connectivity index (χ2n) is 4.66. The van der Waals surface area contributed by atoms with Gasteiger partial charge in [-0.25, -0.2) is 8.78 Å². The molecule has 19 heavy (non-hydrogen) atoms. The lowest BCUT2D eigenvalue weighted by molar-refractivity contribution is 0.519. The molecule has 0 amide bonds. The summed E-state index contributed by atoms with van der Waals surface area (Å²) >= 11 is 0. The van der Waals surface area contributed by atoms with Crippen molar-refractivity contribution in [1.29, 1.82) is 0 Å². The fourth-order valence-corrected chi connectivity index (χ4v) is 2.18. The summed E-state index contributed by atoms with van der Waals surface area (Å²) in [4.78, 5) is 0. The van der Waals surface area contributed by atoms with Gasteiger partial charge in [-0.1, -0.05) is 35.9 Å². The van der Waals surface area contributed by atoms with Gasteiger partial charge in [0.25, 0.3) is 0 Å². The molecule has 2 aromatic carbocycles. The Balaban J connectivity index is 2.30. The number of benzene rings is 2. The van der Waals surface area contributed by atoms with E-state index in [-0.39, 0.29) is 17.7 Å². The largest absolute Gasteiger partial charge is 0.313 e. The molecule has 0 heterocycles. The van der Waals surface area contributed by atoms with Crippen LogP contribution in [0.1, 0.15) is 22.7 Å². The van der Waals surface area contributed by atoms with Crippen molar-refractivity contribution in [2.24, 2.45) is 0 Å². The Labute approximate surface area is 112 Å². The van der Waals surface area contributed by atoms with Gasteiger partial charge in [-0.2, -0.15) is 0 Å². The van der Waals surface area contributed by atoms with E-state index in [0.717, 1.165) is 5.56 Å². The Bertz CT molecular complexity index is 566. The molecule has 2 rings (SSSR count). The molecule has 0 saturated heterocycles. The number of hydrogen-bond donors (Lipinski definition) is 1. The fourth-order valence-electron chi connectivity index (χ4n) is 2.18. The third-order valence-corrected chi connectivity index (χ3v) is 3.26. The van der Waals surface area contributed by atoms with E-state index in [9.17, 15) is 8.78 Å². The smallest absolute Gasteiger partial charge is 0.128 e. The van der Waals surface area contributed by atoms with Gasteiger partial charge in [-0.15, -0.1) is 0 Å². The molecule has 0 spiro atoms. The highest BCUT2D eigenvalue weighted by Crippen LogP contribution is 2.23. The molecule has 0 bridgehead atoms. The van der Waals surface area contributed by atoms with Crippen LogP contribution in [0, 0.1) is 18.6 Å². The van der Waals surface area contributed by atoms with Crippen molar-refractivity contribution >= 4 is 0 Å². The van der Waals surface area contributed by atoms with Gasteiger partial charge in [0.2, 0.25) is 0 Å².